The first-order valence-corrected chi connectivity index (χ1v) is 6.06. The second kappa shape index (κ2) is 5.76. The van der Waals surface area contributed by atoms with Gasteiger partial charge in [-0.3, -0.25) is 30.0 Å². The van der Waals surface area contributed by atoms with Crippen LogP contribution in [0.4, 0.5) is 0 Å². The Balaban J connectivity index is 2.15. The van der Waals surface area contributed by atoms with Crippen LogP contribution in [-0.2, 0) is 16.1 Å². The fourth-order valence-electron chi connectivity index (χ4n) is 1.94. The number of nitrogens with zero attached hydrogens (tertiary/aromatic N) is 2. The Morgan fingerprint density at radius 3 is 3.00 bits per heavy atom. The maximum atomic E-state index is 11.6. The SMILES string of the molecule is CC1C(=O)NC(=O)CN1Cc1cccc(C(=O)NN)n1. The molecular formula is C12H15N5O3. The lowest BCUT2D eigenvalue weighted by Crippen LogP contribution is -2.56. The number of rotatable bonds is 3. The van der Waals surface area contributed by atoms with Crippen LogP contribution in [0, 0.1) is 0 Å². The molecule has 0 bridgehead atoms. The number of imide groups is 1. The monoisotopic (exact) mass is 277 g/mol. The van der Waals surface area contributed by atoms with E-state index in [1.807, 2.05) is 5.43 Å². The average molecular weight is 277 g/mol. The standard InChI is InChI=1S/C12H15N5O3/c1-7-11(19)15-10(18)6-17(7)5-8-3-2-4-9(14-8)12(20)16-13/h2-4,7H,5-6,13H2,1H3,(H,16,20)(H,15,18,19). The number of aromatic nitrogens is 1. The van der Waals surface area contributed by atoms with E-state index in [9.17, 15) is 14.4 Å². The van der Waals surface area contributed by atoms with Crippen molar-refractivity contribution in [2.75, 3.05) is 6.54 Å². The highest BCUT2D eigenvalue weighted by molar-refractivity contribution is 6.00. The topological polar surface area (TPSA) is 117 Å². The van der Waals surface area contributed by atoms with E-state index in [2.05, 4.69) is 10.3 Å². The maximum Gasteiger partial charge on any atom is 0.283 e. The van der Waals surface area contributed by atoms with Crippen LogP contribution >= 0.6 is 0 Å². The van der Waals surface area contributed by atoms with Gasteiger partial charge in [-0.05, 0) is 19.1 Å². The fraction of sp³-hybridized carbons (Fsp3) is 0.333. The van der Waals surface area contributed by atoms with Crippen molar-refractivity contribution in [2.24, 2.45) is 5.84 Å². The molecule has 0 spiro atoms. The zero-order valence-electron chi connectivity index (χ0n) is 10.9. The number of carbonyl (C=O) groups excluding carboxylic acids is 3. The van der Waals surface area contributed by atoms with Gasteiger partial charge in [0.1, 0.15) is 5.69 Å². The molecule has 1 fully saturated rings. The number of nitrogens with two attached hydrogens (primary N) is 1. The third-order valence-electron chi connectivity index (χ3n) is 3.07. The highest BCUT2D eigenvalue weighted by atomic mass is 16.2. The van der Waals surface area contributed by atoms with E-state index in [-0.39, 0.29) is 24.1 Å². The minimum Gasteiger partial charge on any atom is -0.294 e. The van der Waals surface area contributed by atoms with Crippen LogP contribution in [0.5, 0.6) is 0 Å². The number of piperazine rings is 1. The predicted molar refractivity (Wildman–Crippen MR) is 68.9 cm³/mol. The van der Waals surface area contributed by atoms with Crippen molar-refractivity contribution in [1.82, 2.24) is 20.6 Å². The van der Waals surface area contributed by atoms with Crippen LogP contribution < -0.4 is 16.6 Å². The van der Waals surface area contributed by atoms with Crippen molar-refractivity contribution in [2.45, 2.75) is 19.5 Å². The number of nitrogens with one attached hydrogen (secondary N) is 2. The van der Waals surface area contributed by atoms with E-state index in [0.717, 1.165) is 0 Å². The van der Waals surface area contributed by atoms with Gasteiger partial charge >= 0.3 is 0 Å². The summed E-state index contributed by atoms with van der Waals surface area (Å²) in [6, 6.07) is 4.49. The van der Waals surface area contributed by atoms with Crippen LogP contribution in [0.2, 0.25) is 0 Å². The predicted octanol–water partition coefficient (Wildman–Crippen LogP) is -1.47. The van der Waals surface area contributed by atoms with Gasteiger partial charge in [0.15, 0.2) is 0 Å². The Labute approximate surface area is 115 Å². The van der Waals surface area contributed by atoms with Gasteiger partial charge in [-0.25, -0.2) is 10.8 Å². The largest absolute Gasteiger partial charge is 0.294 e. The highest BCUT2D eigenvalue weighted by Crippen LogP contribution is 2.10. The third kappa shape index (κ3) is 2.98. The Kier molecular flexibility index (Phi) is 4.06. The first-order valence-electron chi connectivity index (χ1n) is 6.06. The summed E-state index contributed by atoms with van der Waals surface area (Å²) in [4.78, 5) is 40.1. The lowest BCUT2D eigenvalue weighted by molar-refractivity contribution is -0.139. The lowest BCUT2D eigenvalue weighted by atomic mass is 10.2. The Bertz CT molecular complexity index is 560. The summed E-state index contributed by atoms with van der Waals surface area (Å²) < 4.78 is 0. The minimum absolute atomic E-state index is 0.113. The second-order valence-electron chi connectivity index (χ2n) is 4.48. The van der Waals surface area contributed by atoms with E-state index in [1.54, 1.807) is 24.0 Å². The zero-order valence-corrected chi connectivity index (χ0v) is 10.9. The van der Waals surface area contributed by atoms with Crippen molar-refractivity contribution < 1.29 is 14.4 Å². The molecule has 0 radical (unpaired) electrons. The van der Waals surface area contributed by atoms with E-state index < -0.39 is 11.9 Å². The summed E-state index contributed by atoms with van der Waals surface area (Å²) in [5.74, 6) is 3.88. The van der Waals surface area contributed by atoms with Gasteiger partial charge in [0.25, 0.3) is 5.91 Å². The molecule has 1 unspecified atom stereocenters. The summed E-state index contributed by atoms with van der Waals surface area (Å²) >= 11 is 0. The molecule has 4 N–H and O–H groups in total. The summed E-state index contributed by atoms with van der Waals surface area (Å²) in [7, 11) is 0. The molecule has 0 aromatic carbocycles. The normalized spacial score (nSPS) is 19.6. The highest BCUT2D eigenvalue weighted by Gasteiger charge is 2.30. The molecule has 3 amide bonds. The zero-order chi connectivity index (χ0) is 14.7. The van der Waals surface area contributed by atoms with Crippen LogP contribution in [-0.4, -0.2) is 40.2 Å². The van der Waals surface area contributed by atoms with Crippen LogP contribution in [0.15, 0.2) is 18.2 Å². The van der Waals surface area contributed by atoms with Crippen molar-refractivity contribution >= 4 is 17.7 Å². The van der Waals surface area contributed by atoms with Crippen LogP contribution in [0.1, 0.15) is 23.1 Å². The number of hydrogen-bond donors (Lipinski definition) is 3. The minimum atomic E-state index is -0.493. The Morgan fingerprint density at radius 1 is 1.55 bits per heavy atom. The number of pyridine rings is 1. The quantitative estimate of drug-likeness (QED) is 0.269. The summed E-state index contributed by atoms with van der Waals surface area (Å²) in [5, 5.41) is 2.26. The first kappa shape index (κ1) is 14.1. The number of carbonyl (C=O) groups is 3. The van der Waals surface area contributed by atoms with E-state index >= 15 is 0 Å². The van der Waals surface area contributed by atoms with Gasteiger partial charge in [-0.1, -0.05) is 6.07 Å². The van der Waals surface area contributed by atoms with Gasteiger partial charge in [0.05, 0.1) is 18.3 Å². The molecule has 2 heterocycles. The second-order valence-corrected chi connectivity index (χ2v) is 4.48. The maximum absolute atomic E-state index is 11.6. The smallest absolute Gasteiger partial charge is 0.283 e. The van der Waals surface area contributed by atoms with E-state index in [0.29, 0.717) is 12.2 Å². The van der Waals surface area contributed by atoms with Gasteiger partial charge in [0.2, 0.25) is 11.8 Å². The van der Waals surface area contributed by atoms with Crippen molar-refractivity contribution in [3.8, 4) is 0 Å². The molecule has 8 nitrogen and oxygen atoms in total. The molecule has 0 aliphatic carbocycles. The Hall–Kier alpha value is -2.32. The van der Waals surface area contributed by atoms with Crippen molar-refractivity contribution in [3.63, 3.8) is 0 Å². The molecule has 20 heavy (non-hydrogen) atoms. The van der Waals surface area contributed by atoms with Crippen molar-refractivity contribution in [1.29, 1.82) is 0 Å². The first-order chi connectivity index (χ1) is 9.51. The van der Waals surface area contributed by atoms with Gasteiger partial charge in [-0.2, -0.15) is 0 Å². The number of hydrogen-bond acceptors (Lipinski definition) is 6. The average Bonchev–Trinajstić information content (AvgIpc) is 2.43. The number of nitrogen functional groups attached to an aromatic ring is 1. The summed E-state index contributed by atoms with van der Waals surface area (Å²) in [5.41, 5.74) is 2.77. The molecule has 2 rings (SSSR count). The third-order valence-corrected chi connectivity index (χ3v) is 3.07. The fourth-order valence-corrected chi connectivity index (χ4v) is 1.94. The molecule has 8 heteroatoms. The number of amides is 3. The van der Waals surface area contributed by atoms with Crippen LogP contribution in [0.3, 0.4) is 0 Å². The number of hydrazine groups is 1. The van der Waals surface area contributed by atoms with Gasteiger partial charge in [-0.15, -0.1) is 0 Å². The molecule has 1 aromatic heterocycles. The lowest BCUT2D eigenvalue weighted by Gasteiger charge is -2.31. The molecule has 1 aliphatic rings. The van der Waals surface area contributed by atoms with E-state index in [1.165, 1.54) is 6.07 Å². The van der Waals surface area contributed by atoms with Crippen LogP contribution in [0.25, 0.3) is 0 Å². The summed E-state index contributed by atoms with van der Waals surface area (Å²) in [6.45, 7) is 2.12. The molecule has 1 aromatic rings. The van der Waals surface area contributed by atoms with E-state index in [4.69, 9.17) is 5.84 Å². The summed E-state index contributed by atoms with van der Waals surface area (Å²) in [6.07, 6.45) is 0. The molecule has 106 valence electrons. The Morgan fingerprint density at radius 2 is 2.30 bits per heavy atom. The molecule has 1 aliphatic heterocycles. The molecule has 1 atom stereocenters. The van der Waals surface area contributed by atoms with Gasteiger partial charge < -0.3 is 0 Å². The van der Waals surface area contributed by atoms with Gasteiger partial charge in [0, 0.05) is 6.54 Å². The van der Waals surface area contributed by atoms with Crippen molar-refractivity contribution in [3.05, 3.63) is 29.6 Å². The molecule has 0 saturated carbocycles. The molecule has 1 saturated heterocycles. The molecular weight excluding hydrogens is 262 g/mol.